The third-order valence-corrected chi connectivity index (χ3v) is 2.06. The Bertz CT molecular complexity index is 269. The molecular formula is C7H11F2N3OS. The molecule has 0 aliphatic carbocycles. The molecule has 0 unspecified atom stereocenters. The second-order valence-corrected chi connectivity index (χ2v) is 3.29. The minimum atomic E-state index is -2.40. The molecule has 0 aliphatic heterocycles. The average molecular weight is 223 g/mol. The minimum Gasteiger partial charge on any atom is -0.374 e. The van der Waals surface area contributed by atoms with E-state index < -0.39 is 13.0 Å². The summed E-state index contributed by atoms with van der Waals surface area (Å²) in [7, 11) is 0. The van der Waals surface area contributed by atoms with E-state index in [0.29, 0.717) is 17.5 Å². The number of hydrogen-bond donors (Lipinski definition) is 1. The average Bonchev–Trinajstić information content (AvgIpc) is 2.50. The molecule has 0 amide bonds. The number of halogens is 2. The van der Waals surface area contributed by atoms with Crippen LogP contribution in [0.25, 0.3) is 0 Å². The molecule has 80 valence electrons. The van der Waals surface area contributed by atoms with Crippen molar-refractivity contribution in [3.63, 3.8) is 0 Å². The molecule has 0 saturated heterocycles. The molecule has 1 aromatic rings. The number of anilines is 1. The summed E-state index contributed by atoms with van der Waals surface area (Å²) in [6.07, 6.45) is -2.40. The summed E-state index contributed by atoms with van der Waals surface area (Å²) in [5, 5.41) is 3.60. The lowest BCUT2D eigenvalue weighted by Crippen LogP contribution is -2.12. The van der Waals surface area contributed by atoms with Crippen LogP contribution in [0, 0.1) is 6.92 Å². The SMILES string of the molecule is Cc1nsc(NCCOCC(F)F)n1. The van der Waals surface area contributed by atoms with Gasteiger partial charge in [-0.15, -0.1) is 0 Å². The highest BCUT2D eigenvalue weighted by atomic mass is 32.1. The number of alkyl halides is 2. The van der Waals surface area contributed by atoms with Crippen LogP contribution >= 0.6 is 11.5 Å². The Morgan fingerprint density at radius 3 is 2.93 bits per heavy atom. The lowest BCUT2D eigenvalue weighted by Gasteiger charge is -2.03. The number of aryl methyl sites for hydroxylation is 1. The van der Waals surface area contributed by atoms with Crippen LogP contribution in [0.5, 0.6) is 0 Å². The van der Waals surface area contributed by atoms with Crippen molar-refractivity contribution in [1.29, 1.82) is 0 Å². The molecule has 0 radical (unpaired) electrons. The van der Waals surface area contributed by atoms with Crippen molar-refractivity contribution in [1.82, 2.24) is 9.36 Å². The van der Waals surface area contributed by atoms with Gasteiger partial charge in [-0.25, -0.2) is 13.8 Å². The smallest absolute Gasteiger partial charge is 0.261 e. The summed E-state index contributed by atoms with van der Waals surface area (Å²) < 4.78 is 31.9. The van der Waals surface area contributed by atoms with Crippen molar-refractivity contribution >= 4 is 16.7 Å². The summed E-state index contributed by atoms with van der Waals surface area (Å²) in [4.78, 5) is 4.04. The van der Waals surface area contributed by atoms with Crippen LogP contribution in [0.1, 0.15) is 5.82 Å². The zero-order chi connectivity index (χ0) is 10.4. The summed E-state index contributed by atoms with van der Waals surface area (Å²) in [6.45, 7) is 1.97. The van der Waals surface area contributed by atoms with Crippen LogP contribution in [0.3, 0.4) is 0 Å². The maximum Gasteiger partial charge on any atom is 0.261 e. The quantitative estimate of drug-likeness (QED) is 0.743. The van der Waals surface area contributed by atoms with Crippen molar-refractivity contribution in [2.75, 3.05) is 25.1 Å². The van der Waals surface area contributed by atoms with Gasteiger partial charge in [0, 0.05) is 18.1 Å². The van der Waals surface area contributed by atoms with E-state index in [9.17, 15) is 8.78 Å². The number of rotatable bonds is 6. The van der Waals surface area contributed by atoms with E-state index in [2.05, 4.69) is 19.4 Å². The van der Waals surface area contributed by atoms with Gasteiger partial charge in [-0.3, -0.25) is 0 Å². The Morgan fingerprint density at radius 1 is 1.57 bits per heavy atom. The Balaban J connectivity index is 2.04. The van der Waals surface area contributed by atoms with E-state index in [4.69, 9.17) is 0 Å². The molecule has 1 rings (SSSR count). The van der Waals surface area contributed by atoms with Crippen LogP contribution in [0.2, 0.25) is 0 Å². The maximum atomic E-state index is 11.6. The maximum absolute atomic E-state index is 11.6. The normalized spacial score (nSPS) is 10.9. The van der Waals surface area contributed by atoms with Crippen LogP contribution in [-0.4, -0.2) is 35.5 Å². The third-order valence-electron chi connectivity index (χ3n) is 1.29. The molecule has 0 aliphatic rings. The van der Waals surface area contributed by atoms with E-state index in [0.717, 1.165) is 0 Å². The molecule has 1 N–H and O–H groups in total. The molecule has 0 saturated carbocycles. The lowest BCUT2D eigenvalue weighted by atomic mass is 10.6. The van der Waals surface area contributed by atoms with Gasteiger partial charge >= 0.3 is 0 Å². The molecule has 0 atom stereocenters. The van der Waals surface area contributed by atoms with Gasteiger partial charge in [0.1, 0.15) is 12.4 Å². The number of ether oxygens (including phenoxy) is 1. The first-order chi connectivity index (χ1) is 6.68. The number of hydrogen-bond acceptors (Lipinski definition) is 5. The summed E-state index contributed by atoms with van der Waals surface area (Å²) in [6, 6.07) is 0. The Kier molecular flexibility index (Phi) is 4.68. The van der Waals surface area contributed by atoms with Gasteiger partial charge in [0.25, 0.3) is 6.43 Å². The highest BCUT2D eigenvalue weighted by Gasteiger charge is 2.01. The van der Waals surface area contributed by atoms with Crippen molar-refractivity contribution < 1.29 is 13.5 Å². The second kappa shape index (κ2) is 5.82. The fourth-order valence-electron chi connectivity index (χ4n) is 0.771. The van der Waals surface area contributed by atoms with Crippen molar-refractivity contribution in [2.45, 2.75) is 13.3 Å². The zero-order valence-corrected chi connectivity index (χ0v) is 8.48. The van der Waals surface area contributed by atoms with Crippen LogP contribution in [0.15, 0.2) is 0 Å². The summed E-state index contributed by atoms with van der Waals surface area (Å²) in [5.41, 5.74) is 0. The molecule has 4 nitrogen and oxygen atoms in total. The van der Waals surface area contributed by atoms with E-state index >= 15 is 0 Å². The van der Waals surface area contributed by atoms with E-state index in [1.54, 1.807) is 6.92 Å². The summed E-state index contributed by atoms with van der Waals surface area (Å²) >= 11 is 1.24. The molecular weight excluding hydrogens is 212 g/mol. The van der Waals surface area contributed by atoms with E-state index in [1.807, 2.05) is 0 Å². The number of aromatic nitrogens is 2. The van der Waals surface area contributed by atoms with Gasteiger partial charge in [0.15, 0.2) is 0 Å². The Morgan fingerprint density at radius 2 is 2.36 bits per heavy atom. The molecule has 0 bridgehead atoms. The Hall–Kier alpha value is -0.820. The highest BCUT2D eigenvalue weighted by molar-refractivity contribution is 7.09. The minimum absolute atomic E-state index is 0.239. The fourth-order valence-corrected chi connectivity index (χ4v) is 1.37. The molecule has 1 heterocycles. The highest BCUT2D eigenvalue weighted by Crippen LogP contribution is 2.08. The zero-order valence-electron chi connectivity index (χ0n) is 7.67. The van der Waals surface area contributed by atoms with Crippen molar-refractivity contribution in [2.24, 2.45) is 0 Å². The predicted molar refractivity (Wildman–Crippen MR) is 50.0 cm³/mol. The van der Waals surface area contributed by atoms with Crippen molar-refractivity contribution in [3.8, 4) is 0 Å². The van der Waals surface area contributed by atoms with Gasteiger partial charge < -0.3 is 10.1 Å². The standard InChI is InChI=1S/C7H11F2N3OS/c1-5-11-7(14-12-5)10-2-3-13-4-6(8)9/h6H,2-4H2,1H3,(H,10,11,12). The van der Waals surface area contributed by atoms with Gasteiger partial charge in [-0.2, -0.15) is 4.37 Å². The topological polar surface area (TPSA) is 47.0 Å². The van der Waals surface area contributed by atoms with E-state index in [-0.39, 0.29) is 6.61 Å². The first-order valence-electron chi connectivity index (χ1n) is 4.08. The second-order valence-electron chi connectivity index (χ2n) is 2.54. The molecule has 0 fully saturated rings. The number of nitrogens with zero attached hydrogens (tertiary/aromatic N) is 2. The van der Waals surface area contributed by atoms with Crippen LogP contribution < -0.4 is 5.32 Å². The molecule has 14 heavy (non-hydrogen) atoms. The van der Waals surface area contributed by atoms with Gasteiger partial charge in [0.05, 0.1) is 6.61 Å². The fraction of sp³-hybridized carbons (Fsp3) is 0.714. The molecule has 0 aromatic carbocycles. The molecule has 7 heteroatoms. The van der Waals surface area contributed by atoms with Crippen LogP contribution in [-0.2, 0) is 4.74 Å². The van der Waals surface area contributed by atoms with E-state index in [1.165, 1.54) is 11.5 Å². The third kappa shape index (κ3) is 4.43. The predicted octanol–water partition coefficient (Wildman–Crippen LogP) is 1.54. The first kappa shape index (κ1) is 11.3. The first-order valence-corrected chi connectivity index (χ1v) is 4.86. The summed E-state index contributed by atoms with van der Waals surface area (Å²) in [5.74, 6) is 0.700. The van der Waals surface area contributed by atoms with Crippen LogP contribution in [0.4, 0.5) is 13.9 Å². The monoisotopic (exact) mass is 223 g/mol. The largest absolute Gasteiger partial charge is 0.374 e. The van der Waals surface area contributed by atoms with Gasteiger partial charge in [-0.05, 0) is 6.92 Å². The van der Waals surface area contributed by atoms with Gasteiger partial charge in [0.2, 0.25) is 5.13 Å². The van der Waals surface area contributed by atoms with Gasteiger partial charge in [-0.1, -0.05) is 0 Å². The lowest BCUT2D eigenvalue weighted by molar-refractivity contribution is 0.0215. The number of nitrogens with one attached hydrogen (secondary N) is 1. The van der Waals surface area contributed by atoms with Crippen molar-refractivity contribution in [3.05, 3.63) is 5.82 Å². The Labute approximate surface area is 84.5 Å². The molecule has 1 aromatic heterocycles. The molecule has 0 spiro atoms.